The van der Waals surface area contributed by atoms with E-state index in [1.165, 1.54) is 12.8 Å². The number of methoxy groups -OCH3 is 1. The Balaban J connectivity index is 1.73. The number of aromatic nitrogens is 2. The second kappa shape index (κ2) is 4.38. The fourth-order valence-corrected chi connectivity index (χ4v) is 2.68. The average Bonchev–Trinajstić information content (AvgIpc) is 2.87. The van der Waals surface area contributed by atoms with Gasteiger partial charge in [-0.1, -0.05) is 5.16 Å². The molecule has 2 aliphatic rings. The third-order valence-corrected chi connectivity index (χ3v) is 3.84. The zero-order valence-electron chi connectivity index (χ0n) is 10.1. The summed E-state index contributed by atoms with van der Waals surface area (Å²) in [6.45, 7) is 0. The first-order valence-electron chi connectivity index (χ1n) is 6.39. The molecule has 0 aliphatic heterocycles. The molecule has 2 N–H and O–H groups in total. The van der Waals surface area contributed by atoms with Crippen LogP contribution in [0.15, 0.2) is 4.52 Å². The summed E-state index contributed by atoms with van der Waals surface area (Å²) in [6, 6.07) is 0.289. The lowest BCUT2D eigenvalue weighted by Crippen LogP contribution is -2.14. The highest BCUT2D eigenvalue weighted by Crippen LogP contribution is 2.42. The van der Waals surface area contributed by atoms with Gasteiger partial charge in [0.1, 0.15) is 6.10 Å². The molecule has 0 amide bonds. The van der Waals surface area contributed by atoms with E-state index in [0.717, 1.165) is 25.2 Å². The van der Waals surface area contributed by atoms with Crippen LogP contribution in [0.4, 0.5) is 0 Å². The van der Waals surface area contributed by atoms with Crippen LogP contribution in [-0.2, 0) is 4.74 Å². The highest BCUT2D eigenvalue weighted by molar-refractivity contribution is 5.03. The maximum absolute atomic E-state index is 5.90. The summed E-state index contributed by atoms with van der Waals surface area (Å²) in [4.78, 5) is 4.50. The summed E-state index contributed by atoms with van der Waals surface area (Å²) in [7, 11) is 1.71. The van der Waals surface area contributed by atoms with Crippen molar-refractivity contribution < 1.29 is 9.26 Å². The number of hydrogen-bond donors (Lipinski definition) is 1. The molecule has 3 rings (SSSR count). The van der Waals surface area contributed by atoms with E-state index in [9.17, 15) is 0 Å². The highest BCUT2D eigenvalue weighted by Gasteiger charge is 2.36. The molecule has 0 bridgehead atoms. The molecule has 5 heteroatoms. The summed E-state index contributed by atoms with van der Waals surface area (Å²) in [5.74, 6) is 2.39. The second-order valence-electron chi connectivity index (χ2n) is 5.25. The lowest BCUT2D eigenvalue weighted by Gasteiger charge is -2.08. The van der Waals surface area contributed by atoms with Gasteiger partial charge in [-0.2, -0.15) is 4.98 Å². The Labute approximate surface area is 101 Å². The van der Waals surface area contributed by atoms with Gasteiger partial charge in [-0.15, -0.1) is 0 Å². The molecule has 17 heavy (non-hydrogen) atoms. The maximum atomic E-state index is 5.90. The fourth-order valence-electron chi connectivity index (χ4n) is 2.68. The van der Waals surface area contributed by atoms with Gasteiger partial charge in [0.15, 0.2) is 0 Å². The van der Waals surface area contributed by atoms with Crippen LogP contribution < -0.4 is 5.73 Å². The molecular formula is C12H19N3O2. The Morgan fingerprint density at radius 1 is 1.35 bits per heavy atom. The Kier molecular flexibility index (Phi) is 2.88. The van der Waals surface area contributed by atoms with Crippen molar-refractivity contribution in [2.45, 2.75) is 50.2 Å². The molecule has 1 heterocycles. The van der Waals surface area contributed by atoms with Crippen molar-refractivity contribution in [3.8, 4) is 0 Å². The van der Waals surface area contributed by atoms with Crippen molar-refractivity contribution in [1.82, 2.24) is 10.1 Å². The molecule has 2 saturated carbocycles. The van der Waals surface area contributed by atoms with Crippen molar-refractivity contribution in [2.75, 3.05) is 7.11 Å². The van der Waals surface area contributed by atoms with Crippen molar-refractivity contribution in [3.05, 3.63) is 11.7 Å². The number of rotatable bonds is 4. The molecule has 0 saturated heterocycles. The lowest BCUT2D eigenvalue weighted by atomic mass is 10.1. The van der Waals surface area contributed by atoms with Gasteiger partial charge >= 0.3 is 0 Å². The van der Waals surface area contributed by atoms with Crippen LogP contribution in [0.5, 0.6) is 0 Å². The van der Waals surface area contributed by atoms with Crippen LogP contribution >= 0.6 is 0 Å². The molecule has 2 aliphatic carbocycles. The van der Waals surface area contributed by atoms with E-state index in [-0.39, 0.29) is 12.1 Å². The molecular weight excluding hydrogens is 218 g/mol. The Hall–Kier alpha value is -0.940. The summed E-state index contributed by atoms with van der Waals surface area (Å²) in [5, 5.41) is 4.07. The van der Waals surface area contributed by atoms with Gasteiger partial charge in [0.25, 0.3) is 0 Å². The van der Waals surface area contributed by atoms with E-state index in [1.54, 1.807) is 7.11 Å². The van der Waals surface area contributed by atoms with Crippen molar-refractivity contribution in [1.29, 1.82) is 0 Å². The van der Waals surface area contributed by atoms with Gasteiger partial charge < -0.3 is 15.0 Å². The first kappa shape index (κ1) is 11.2. The minimum Gasteiger partial charge on any atom is -0.373 e. The molecule has 5 nitrogen and oxygen atoms in total. The average molecular weight is 237 g/mol. The minimum atomic E-state index is 0.0163. The van der Waals surface area contributed by atoms with Gasteiger partial charge in [-0.25, -0.2) is 0 Å². The van der Waals surface area contributed by atoms with Crippen LogP contribution in [0, 0.1) is 5.92 Å². The topological polar surface area (TPSA) is 74.2 Å². The number of ether oxygens (including phenoxy) is 1. The molecule has 0 radical (unpaired) electrons. The molecule has 1 aromatic rings. The van der Waals surface area contributed by atoms with E-state index >= 15 is 0 Å². The quantitative estimate of drug-likeness (QED) is 0.863. The summed E-state index contributed by atoms with van der Waals surface area (Å²) in [5.41, 5.74) is 5.90. The first-order valence-corrected chi connectivity index (χ1v) is 6.39. The molecule has 0 spiro atoms. The maximum Gasteiger partial charge on any atom is 0.229 e. The van der Waals surface area contributed by atoms with Crippen molar-refractivity contribution in [3.63, 3.8) is 0 Å². The van der Waals surface area contributed by atoms with E-state index in [4.69, 9.17) is 15.0 Å². The van der Waals surface area contributed by atoms with Crippen LogP contribution in [0.2, 0.25) is 0 Å². The van der Waals surface area contributed by atoms with Crippen LogP contribution in [0.3, 0.4) is 0 Å². The summed E-state index contributed by atoms with van der Waals surface area (Å²) < 4.78 is 10.8. The zero-order valence-corrected chi connectivity index (χ0v) is 10.1. The molecule has 0 aromatic carbocycles. The molecule has 1 unspecified atom stereocenters. The molecule has 2 fully saturated rings. The number of nitrogens with zero attached hydrogens (tertiary/aromatic N) is 2. The van der Waals surface area contributed by atoms with E-state index < -0.39 is 0 Å². The van der Waals surface area contributed by atoms with Gasteiger partial charge in [-0.3, -0.25) is 0 Å². The molecule has 1 aromatic heterocycles. The van der Waals surface area contributed by atoms with E-state index in [2.05, 4.69) is 10.1 Å². The number of nitrogens with two attached hydrogens (primary N) is 1. The minimum absolute atomic E-state index is 0.0163. The SMILES string of the molecule is COC(c1noc([C@@H]2CC[C@H](N)C2)n1)C1CC1. The molecule has 94 valence electrons. The van der Waals surface area contributed by atoms with Crippen LogP contribution in [0.25, 0.3) is 0 Å². The number of hydrogen-bond acceptors (Lipinski definition) is 5. The third kappa shape index (κ3) is 2.21. The smallest absolute Gasteiger partial charge is 0.229 e. The van der Waals surface area contributed by atoms with Gasteiger partial charge in [0.2, 0.25) is 11.7 Å². The Morgan fingerprint density at radius 3 is 2.76 bits per heavy atom. The Morgan fingerprint density at radius 2 is 2.18 bits per heavy atom. The van der Waals surface area contributed by atoms with Crippen LogP contribution in [0.1, 0.15) is 55.8 Å². The highest BCUT2D eigenvalue weighted by atomic mass is 16.5. The zero-order chi connectivity index (χ0) is 11.8. The van der Waals surface area contributed by atoms with Gasteiger partial charge in [0.05, 0.1) is 0 Å². The monoisotopic (exact) mass is 237 g/mol. The van der Waals surface area contributed by atoms with Gasteiger partial charge in [-0.05, 0) is 38.0 Å². The summed E-state index contributed by atoms with van der Waals surface area (Å²) in [6.07, 6.45) is 5.50. The van der Waals surface area contributed by atoms with Crippen molar-refractivity contribution in [2.24, 2.45) is 11.7 Å². The van der Waals surface area contributed by atoms with E-state index in [0.29, 0.717) is 17.7 Å². The lowest BCUT2D eigenvalue weighted by molar-refractivity contribution is 0.0751. The second-order valence-corrected chi connectivity index (χ2v) is 5.25. The van der Waals surface area contributed by atoms with E-state index in [1.807, 2.05) is 0 Å². The summed E-state index contributed by atoms with van der Waals surface area (Å²) >= 11 is 0. The van der Waals surface area contributed by atoms with Crippen molar-refractivity contribution >= 4 is 0 Å². The van der Waals surface area contributed by atoms with Gasteiger partial charge in [0, 0.05) is 19.1 Å². The predicted molar refractivity (Wildman–Crippen MR) is 61.3 cm³/mol. The van der Waals surface area contributed by atoms with Crippen LogP contribution in [-0.4, -0.2) is 23.3 Å². The molecule has 3 atom stereocenters. The first-order chi connectivity index (χ1) is 8.28. The fraction of sp³-hybridized carbons (Fsp3) is 0.833. The predicted octanol–water partition coefficient (Wildman–Crippen LogP) is 1.76. The largest absolute Gasteiger partial charge is 0.373 e. The standard InChI is InChI=1S/C12H19N3O2/c1-16-10(7-2-3-7)11-14-12(17-15-11)8-4-5-9(13)6-8/h7-10H,2-6,13H2,1H3/t8-,9+,10?/m1/s1. The third-order valence-electron chi connectivity index (χ3n) is 3.84. The normalized spacial score (nSPS) is 30.7. The Bertz CT molecular complexity index is 389.